The van der Waals surface area contributed by atoms with Crippen LogP contribution in [-0.2, 0) is 9.47 Å². The lowest BCUT2D eigenvalue weighted by Crippen LogP contribution is -2.52. The van der Waals surface area contributed by atoms with Gasteiger partial charge in [-0.1, -0.05) is 0 Å². The van der Waals surface area contributed by atoms with Crippen molar-refractivity contribution in [3.63, 3.8) is 0 Å². The molecule has 0 spiro atoms. The van der Waals surface area contributed by atoms with Gasteiger partial charge in [-0.05, 0) is 13.3 Å². The number of aliphatic hydroxyl groups excluding tert-OH is 1. The van der Waals surface area contributed by atoms with Crippen molar-refractivity contribution in [3.05, 3.63) is 0 Å². The zero-order valence-electron chi connectivity index (χ0n) is 7.95. The molecule has 4 nitrogen and oxygen atoms in total. The lowest BCUT2D eigenvalue weighted by atomic mass is 9.99. The molecule has 0 amide bonds. The molecule has 3 atom stereocenters. The number of aliphatic hydroxyl groups is 1. The van der Waals surface area contributed by atoms with Gasteiger partial charge < -0.3 is 19.9 Å². The molecule has 3 unspecified atom stereocenters. The normalized spacial score (nSPS) is 45.7. The van der Waals surface area contributed by atoms with Gasteiger partial charge in [-0.3, -0.25) is 0 Å². The van der Waals surface area contributed by atoms with Gasteiger partial charge in [0.1, 0.15) is 0 Å². The topological polar surface area (TPSA) is 50.7 Å². The molecule has 4 heteroatoms. The van der Waals surface area contributed by atoms with E-state index in [-0.39, 0.29) is 17.7 Å². The van der Waals surface area contributed by atoms with E-state index in [1.165, 1.54) is 0 Å². The van der Waals surface area contributed by atoms with E-state index < -0.39 is 0 Å². The van der Waals surface area contributed by atoms with Crippen molar-refractivity contribution >= 4 is 0 Å². The zero-order chi connectivity index (χ0) is 9.31. The maximum absolute atomic E-state index is 9.54. The van der Waals surface area contributed by atoms with Gasteiger partial charge >= 0.3 is 0 Å². The van der Waals surface area contributed by atoms with Gasteiger partial charge in [-0.2, -0.15) is 0 Å². The van der Waals surface area contributed by atoms with Gasteiger partial charge in [-0.25, -0.2) is 0 Å². The van der Waals surface area contributed by atoms with Crippen molar-refractivity contribution in [2.45, 2.75) is 31.0 Å². The number of hydrogen-bond donors (Lipinski definition) is 2. The van der Waals surface area contributed by atoms with Crippen molar-refractivity contribution in [2.75, 3.05) is 26.4 Å². The molecule has 0 aromatic carbocycles. The molecular weight excluding hydrogens is 170 g/mol. The summed E-state index contributed by atoms with van der Waals surface area (Å²) in [6.45, 7) is 4.74. The first-order chi connectivity index (χ1) is 6.20. The van der Waals surface area contributed by atoms with E-state index in [1.807, 2.05) is 0 Å². The number of ether oxygens (including phenoxy) is 2. The summed E-state index contributed by atoms with van der Waals surface area (Å²) in [5.74, 6) is 0. The molecule has 0 bridgehead atoms. The largest absolute Gasteiger partial charge is 0.389 e. The SMILES string of the molecule is CC1(NC2COCC2O)CCOC1. The van der Waals surface area contributed by atoms with E-state index in [1.54, 1.807) is 0 Å². The summed E-state index contributed by atoms with van der Waals surface area (Å²) in [5.41, 5.74) is 0.0271. The number of rotatable bonds is 2. The minimum absolute atomic E-state index is 0.0271. The van der Waals surface area contributed by atoms with Crippen molar-refractivity contribution in [2.24, 2.45) is 0 Å². The predicted molar refractivity (Wildman–Crippen MR) is 47.6 cm³/mol. The molecule has 2 saturated heterocycles. The molecule has 2 heterocycles. The fraction of sp³-hybridized carbons (Fsp3) is 1.00. The minimum atomic E-state index is -0.363. The van der Waals surface area contributed by atoms with Crippen LogP contribution in [0.25, 0.3) is 0 Å². The van der Waals surface area contributed by atoms with Crippen LogP contribution in [0, 0.1) is 0 Å². The summed E-state index contributed by atoms with van der Waals surface area (Å²) in [6.07, 6.45) is 0.647. The van der Waals surface area contributed by atoms with Crippen molar-refractivity contribution in [1.82, 2.24) is 5.32 Å². The molecule has 0 saturated carbocycles. The number of nitrogens with one attached hydrogen (secondary N) is 1. The predicted octanol–water partition coefficient (Wildman–Crippen LogP) is -0.485. The summed E-state index contributed by atoms with van der Waals surface area (Å²) < 4.78 is 10.5. The molecule has 2 fully saturated rings. The average Bonchev–Trinajstić information content (AvgIpc) is 2.64. The van der Waals surface area contributed by atoms with Crippen LogP contribution >= 0.6 is 0 Å². The maximum Gasteiger partial charge on any atom is 0.0948 e. The molecule has 76 valence electrons. The van der Waals surface area contributed by atoms with Crippen LogP contribution in [0.1, 0.15) is 13.3 Å². The molecule has 2 N–H and O–H groups in total. The zero-order valence-corrected chi connectivity index (χ0v) is 7.95. The third kappa shape index (κ3) is 2.02. The molecule has 0 aliphatic carbocycles. The first-order valence-electron chi connectivity index (χ1n) is 4.81. The summed E-state index contributed by atoms with van der Waals surface area (Å²) in [4.78, 5) is 0. The highest BCUT2D eigenvalue weighted by atomic mass is 16.5. The van der Waals surface area contributed by atoms with Crippen LogP contribution < -0.4 is 5.32 Å². The Labute approximate surface area is 78.2 Å². The molecule has 2 aliphatic heterocycles. The van der Waals surface area contributed by atoms with Crippen LogP contribution in [-0.4, -0.2) is 49.2 Å². The molecule has 2 aliphatic rings. The van der Waals surface area contributed by atoms with Crippen LogP contribution in [0.5, 0.6) is 0 Å². The van der Waals surface area contributed by atoms with Gasteiger partial charge in [0.15, 0.2) is 0 Å². The Morgan fingerprint density at radius 2 is 2.23 bits per heavy atom. The highest BCUT2D eigenvalue weighted by molar-refractivity contribution is 4.93. The van der Waals surface area contributed by atoms with Crippen LogP contribution in [0.2, 0.25) is 0 Å². The Hall–Kier alpha value is -0.160. The third-order valence-corrected chi connectivity index (χ3v) is 2.80. The van der Waals surface area contributed by atoms with E-state index in [4.69, 9.17) is 9.47 Å². The summed E-state index contributed by atoms with van der Waals surface area (Å²) in [6, 6.07) is 0.0756. The van der Waals surface area contributed by atoms with E-state index in [0.717, 1.165) is 19.6 Å². The van der Waals surface area contributed by atoms with Crippen molar-refractivity contribution < 1.29 is 14.6 Å². The van der Waals surface area contributed by atoms with Gasteiger partial charge in [0.25, 0.3) is 0 Å². The van der Waals surface area contributed by atoms with E-state index in [2.05, 4.69) is 12.2 Å². The smallest absolute Gasteiger partial charge is 0.0948 e. The standard InChI is InChI=1S/C9H17NO3/c1-9(2-3-12-6-9)10-7-4-13-5-8(7)11/h7-8,10-11H,2-6H2,1H3. The van der Waals surface area contributed by atoms with Gasteiger partial charge in [0, 0.05) is 12.1 Å². The Morgan fingerprint density at radius 3 is 2.77 bits per heavy atom. The Morgan fingerprint density at radius 1 is 1.38 bits per heavy atom. The first kappa shape index (κ1) is 9.40. The average molecular weight is 187 g/mol. The molecule has 0 radical (unpaired) electrons. The quantitative estimate of drug-likeness (QED) is 0.613. The lowest BCUT2D eigenvalue weighted by molar-refractivity contribution is 0.114. The van der Waals surface area contributed by atoms with E-state index in [9.17, 15) is 5.11 Å². The fourth-order valence-electron chi connectivity index (χ4n) is 1.91. The molecular formula is C9H17NO3. The van der Waals surface area contributed by atoms with E-state index in [0.29, 0.717) is 13.2 Å². The molecule has 0 aromatic heterocycles. The van der Waals surface area contributed by atoms with Crippen LogP contribution in [0.3, 0.4) is 0 Å². The van der Waals surface area contributed by atoms with Crippen molar-refractivity contribution in [3.8, 4) is 0 Å². The second kappa shape index (κ2) is 3.53. The second-order valence-electron chi connectivity index (χ2n) is 4.22. The summed E-state index contributed by atoms with van der Waals surface area (Å²) in [7, 11) is 0. The van der Waals surface area contributed by atoms with E-state index >= 15 is 0 Å². The minimum Gasteiger partial charge on any atom is -0.389 e. The fourth-order valence-corrected chi connectivity index (χ4v) is 1.91. The Balaban J connectivity index is 1.88. The molecule has 13 heavy (non-hydrogen) atoms. The Bertz CT molecular complexity index is 180. The van der Waals surface area contributed by atoms with Crippen LogP contribution in [0.4, 0.5) is 0 Å². The van der Waals surface area contributed by atoms with Gasteiger partial charge in [0.05, 0.1) is 32.0 Å². The highest BCUT2D eigenvalue weighted by Crippen LogP contribution is 2.20. The van der Waals surface area contributed by atoms with Gasteiger partial charge in [0.2, 0.25) is 0 Å². The van der Waals surface area contributed by atoms with Gasteiger partial charge in [-0.15, -0.1) is 0 Å². The van der Waals surface area contributed by atoms with Crippen LogP contribution in [0.15, 0.2) is 0 Å². The summed E-state index contributed by atoms with van der Waals surface area (Å²) >= 11 is 0. The lowest BCUT2D eigenvalue weighted by Gasteiger charge is -2.28. The maximum atomic E-state index is 9.54. The highest BCUT2D eigenvalue weighted by Gasteiger charge is 2.36. The third-order valence-electron chi connectivity index (χ3n) is 2.80. The monoisotopic (exact) mass is 187 g/mol. The Kier molecular flexibility index (Phi) is 2.55. The van der Waals surface area contributed by atoms with Crippen molar-refractivity contribution in [1.29, 1.82) is 0 Å². The number of hydrogen-bond acceptors (Lipinski definition) is 4. The first-order valence-corrected chi connectivity index (χ1v) is 4.81. The molecule has 0 aromatic rings. The summed E-state index contributed by atoms with van der Waals surface area (Å²) in [5, 5.41) is 12.9. The second-order valence-corrected chi connectivity index (χ2v) is 4.22. The molecule has 2 rings (SSSR count).